The van der Waals surface area contributed by atoms with Gasteiger partial charge in [-0.05, 0) is 6.92 Å². The highest BCUT2D eigenvalue weighted by atomic mass is 16.4. The number of carboxylic acid groups (broad SMARTS) is 1. The maximum Gasteiger partial charge on any atom is 0.328 e. The van der Waals surface area contributed by atoms with Crippen molar-refractivity contribution in [1.82, 2.24) is 10.6 Å². The quantitative estimate of drug-likeness (QED) is 0.234. The van der Waals surface area contributed by atoms with Gasteiger partial charge in [-0.25, -0.2) is 4.79 Å². The number of carbonyl (C=O) groups excluding carboxylic acids is 2. The molecule has 4 atom stereocenters. The number of aliphatic hydroxyl groups excluding tert-OH is 3. The van der Waals surface area contributed by atoms with Crippen LogP contribution in [0, 0.1) is 0 Å². The zero-order valence-electron chi connectivity index (χ0n) is 10.8. The van der Waals surface area contributed by atoms with Gasteiger partial charge in [-0.15, -0.1) is 0 Å². The van der Waals surface area contributed by atoms with E-state index < -0.39 is 55.2 Å². The number of amides is 2. The van der Waals surface area contributed by atoms with Crippen molar-refractivity contribution in [2.75, 3.05) is 13.2 Å². The van der Waals surface area contributed by atoms with Gasteiger partial charge < -0.3 is 36.8 Å². The molecule has 0 bridgehead atoms. The molecule has 0 fully saturated rings. The molecule has 0 spiro atoms. The third-order valence-electron chi connectivity index (χ3n) is 2.40. The number of nitrogens with two attached hydrogens (primary N) is 1. The standard InChI is InChI=1S/C10H19N3O7/c1-4(16)7(10(19)20)13-9(18)6(3-15)12-8(17)5(11)2-14/h4-7,14-16H,2-3,11H2,1H3,(H,12,17)(H,13,18)(H,19,20). The molecule has 10 nitrogen and oxygen atoms in total. The Labute approximate surface area is 114 Å². The van der Waals surface area contributed by atoms with Crippen LogP contribution in [0.3, 0.4) is 0 Å². The Kier molecular flexibility index (Phi) is 7.69. The van der Waals surface area contributed by atoms with Crippen molar-refractivity contribution >= 4 is 17.8 Å². The van der Waals surface area contributed by atoms with Gasteiger partial charge in [-0.2, -0.15) is 0 Å². The van der Waals surface area contributed by atoms with E-state index in [-0.39, 0.29) is 0 Å². The molecule has 0 heterocycles. The van der Waals surface area contributed by atoms with Crippen LogP contribution >= 0.6 is 0 Å². The molecule has 0 radical (unpaired) electrons. The zero-order chi connectivity index (χ0) is 15.9. The van der Waals surface area contributed by atoms with Crippen LogP contribution in [0.1, 0.15) is 6.92 Å². The van der Waals surface area contributed by atoms with E-state index in [1.54, 1.807) is 0 Å². The van der Waals surface area contributed by atoms with Gasteiger partial charge >= 0.3 is 5.97 Å². The summed E-state index contributed by atoms with van der Waals surface area (Å²) in [5.41, 5.74) is 5.21. The van der Waals surface area contributed by atoms with Gasteiger partial charge in [0.25, 0.3) is 0 Å². The van der Waals surface area contributed by atoms with E-state index in [1.807, 2.05) is 10.6 Å². The molecule has 20 heavy (non-hydrogen) atoms. The van der Waals surface area contributed by atoms with Crippen LogP contribution in [-0.4, -0.2) is 75.7 Å². The third kappa shape index (κ3) is 5.48. The van der Waals surface area contributed by atoms with E-state index in [4.69, 9.17) is 21.1 Å². The average Bonchev–Trinajstić information content (AvgIpc) is 2.39. The Balaban J connectivity index is 4.70. The lowest BCUT2D eigenvalue weighted by atomic mass is 10.1. The first-order valence-corrected chi connectivity index (χ1v) is 5.73. The monoisotopic (exact) mass is 293 g/mol. The fraction of sp³-hybridized carbons (Fsp3) is 0.700. The van der Waals surface area contributed by atoms with Crippen LogP contribution in [0.5, 0.6) is 0 Å². The largest absolute Gasteiger partial charge is 0.480 e. The molecular formula is C10H19N3O7. The smallest absolute Gasteiger partial charge is 0.328 e. The molecule has 0 rings (SSSR count). The lowest BCUT2D eigenvalue weighted by molar-refractivity contribution is -0.145. The highest BCUT2D eigenvalue weighted by molar-refractivity contribution is 5.92. The van der Waals surface area contributed by atoms with E-state index in [0.29, 0.717) is 0 Å². The van der Waals surface area contributed by atoms with Gasteiger partial charge in [0.2, 0.25) is 11.8 Å². The van der Waals surface area contributed by atoms with Gasteiger partial charge in [0.1, 0.15) is 12.1 Å². The van der Waals surface area contributed by atoms with Crippen molar-refractivity contribution in [3.63, 3.8) is 0 Å². The van der Waals surface area contributed by atoms with E-state index in [2.05, 4.69) is 0 Å². The molecule has 10 heteroatoms. The fourth-order valence-electron chi connectivity index (χ4n) is 1.20. The fourth-order valence-corrected chi connectivity index (χ4v) is 1.20. The highest BCUT2D eigenvalue weighted by Crippen LogP contribution is 1.95. The van der Waals surface area contributed by atoms with Gasteiger partial charge in [0.05, 0.1) is 19.3 Å². The molecule has 4 unspecified atom stereocenters. The van der Waals surface area contributed by atoms with Crippen molar-refractivity contribution in [3.05, 3.63) is 0 Å². The van der Waals surface area contributed by atoms with Crippen molar-refractivity contribution < 1.29 is 34.8 Å². The summed E-state index contributed by atoms with van der Waals surface area (Å²) in [6.07, 6.45) is -1.37. The first kappa shape index (κ1) is 18.2. The highest BCUT2D eigenvalue weighted by Gasteiger charge is 2.29. The minimum absolute atomic E-state index is 0.656. The summed E-state index contributed by atoms with van der Waals surface area (Å²) in [7, 11) is 0. The Morgan fingerprint density at radius 1 is 1.10 bits per heavy atom. The van der Waals surface area contributed by atoms with Gasteiger partial charge in [0.15, 0.2) is 6.04 Å². The number of aliphatic carboxylic acids is 1. The number of carboxylic acids is 1. The van der Waals surface area contributed by atoms with Crippen molar-refractivity contribution in [2.24, 2.45) is 5.73 Å². The summed E-state index contributed by atoms with van der Waals surface area (Å²) in [5, 5.41) is 39.6. The molecule has 0 aromatic heterocycles. The normalized spacial score (nSPS) is 16.6. The second kappa shape index (κ2) is 8.43. The molecule has 0 aliphatic heterocycles. The minimum Gasteiger partial charge on any atom is -0.480 e. The van der Waals surface area contributed by atoms with Crippen LogP contribution < -0.4 is 16.4 Å². The molecule has 0 aliphatic rings. The molecule has 0 saturated heterocycles. The SMILES string of the molecule is CC(O)C(NC(=O)C(CO)NC(=O)C(N)CO)C(=O)O. The average molecular weight is 293 g/mol. The maximum atomic E-state index is 11.7. The van der Waals surface area contributed by atoms with Crippen LogP contribution in [0.2, 0.25) is 0 Å². The molecule has 0 aromatic carbocycles. The minimum atomic E-state index is -1.58. The van der Waals surface area contributed by atoms with Crippen LogP contribution in [0.25, 0.3) is 0 Å². The summed E-state index contributed by atoms with van der Waals surface area (Å²) in [4.78, 5) is 33.8. The van der Waals surface area contributed by atoms with Crippen LogP contribution in [-0.2, 0) is 14.4 Å². The summed E-state index contributed by atoms with van der Waals surface area (Å²) in [6, 6.07) is -4.30. The number of hydrogen-bond donors (Lipinski definition) is 7. The molecule has 0 aliphatic carbocycles. The summed E-state index contributed by atoms with van der Waals surface area (Å²) in [6.45, 7) is -0.299. The van der Waals surface area contributed by atoms with Crippen molar-refractivity contribution in [3.8, 4) is 0 Å². The number of carbonyl (C=O) groups is 3. The molecule has 116 valence electrons. The second-order valence-corrected chi connectivity index (χ2v) is 4.10. The lowest BCUT2D eigenvalue weighted by Gasteiger charge is -2.22. The Morgan fingerprint density at radius 3 is 2.00 bits per heavy atom. The van der Waals surface area contributed by atoms with Crippen LogP contribution in [0.15, 0.2) is 0 Å². The number of rotatable bonds is 8. The first-order valence-electron chi connectivity index (χ1n) is 5.73. The maximum absolute atomic E-state index is 11.7. The predicted octanol–water partition coefficient (Wildman–Crippen LogP) is -4.27. The topological polar surface area (TPSA) is 182 Å². The van der Waals surface area contributed by atoms with Gasteiger partial charge in [-0.1, -0.05) is 0 Å². The van der Waals surface area contributed by atoms with Gasteiger partial charge in [0, 0.05) is 0 Å². The molecule has 2 amide bonds. The van der Waals surface area contributed by atoms with E-state index >= 15 is 0 Å². The zero-order valence-corrected chi connectivity index (χ0v) is 10.8. The third-order valence-corrected chi connectivity index (χ3v) is 2.40. The summed E-state index contributed by atoms with van der Waals surface area (Å²) >= 11 is 0. The molecule has 0 aromatic rings. The number of hydrogen-bond acceptors (Lipinski definition) is 7. The Hall–Kier alpha value is -1.75. The number of nitrogens with one attached hydrogen (secondary N) is 2. The summed E-state index contributed by atoms with van der Waals surface area (Å²) < 4.78 is 0. The number of aliphatic hydroxyl groups is 3. The van der Waals surface area contributed by atoms with Crippen LogP contribution in [0.4, 0.5) is 0 Å². The van der Waals surface area contributed by atoms with Crippen molar-refractivity contribution in [2.45, 2.75) is 31.2 Å². The summed E-state index contributed by atoms with van der Waals surface area (Å²) in [5.74, 6) is -3.35. The predicted molar refractivity (Wildman–Crippen MR) is 65.3 cm³/mol. The van der Waals surface area contributed by atoms with E-state index in [0.717, 1.165) is 6.92 Å². The molecule has 0 saturated carbocycles. The second-order valence-electron chi connectivity index (χ2n) is 4.10. The molecule has 8 N–H and O–H groups in total. The Morgan fingerprint density at radius 2 is 1.65 bits per heavy atom. The van der Waals surface area contributed by atoms with E-state index in [1.165, 1.54) is 0 Å². The first-order chi connectivity index (χ1) is 9.24. The Bertz CT molecular complexity index is 361. The van der Waals surface area contributed by atoms with E-state index in [9.17, 15) is 19.5 Å². The van der Waals surface area contributed by atoms with Gasteiger partial charge in [-0.3, -0.25) is 9.59 Å². The lowest BCUT2D eigenvalue weighted by Crippen LogP contribution is -2.58. The van der Waals surface area contributed by atoms with Crippen molar-refractivity contribution in [1.29, 1.82) is 0 Å². The molecular weight excluding hydrogens is 274 g/mol.